The number of anilines is 2. The Hall–Kier alpha value is -4.24. The highest BCUT2D eigenvalue weighted by Crippen LogP contribution is 2.38. The first kappa shape index (κ1) is 44.9. The van der Waals surface area contributed by atoms with Crippen LogP contribution in [-0.4, -0.2) is 115 Å². The Kier molecular flexibility index (Phi) is 15.6. The van der Waals surface area contributed by atoms with Crippen molar-refractivity contribution in [1.82, 2.24) is 19.6 Å². The van der Waals surface area contributed by atoms with Gasteiger partial charge < -0.3 is 40.1 Å². The van der Waals surface area contributed by atoms with Gasteiger partial charge in [-0.15, -0.1) is 0 Å². The Morgan fingerprint density at radius 1 is 1.02 bits per heavy atom. The van der Waals surface area contributed by atoms with Gasteiger partial charge in [-0.25, -0.2) is 9.59 Å². The van der Waals surface area contributed by atoms with E-state index in [-0.39, 0.29) is 54.1 Å². The molecule has 1 unspecified atom stereocenters. The zero-order chi connectivity index (χ0) is 42.1. The number of hydrogen-bond acceptors (Lipinski definition) is 8. The van der Waals surface area contributed by atoms with Crippen LogP contribution in [0.5, 0.6) is 0 Å². The molecule has 5 rings (SSSR count). The highest BCUT2D eigenvalue weighted by Gasteiger charge is 2.37. The molecule has 4 amide bonds. The SMILES string of the molecule is CC(C)COC(=O)CCN1CCC(C(C)CCN(C)C(=O)[C@@H](Cc2cc(Cl)c(N)c(C(F)(F)F)c2)OC(=O)N2CCC(N3CCc4ccccc4NC3=O)CC2)CC1. The van der Waals surface area contributed by atoms with Crippen molar-refractivity contribution in [2.45, 2.75) is 90.5 Å². The van der Waals surface area contributed by atoms with Gasteiger partial charge >= 0.3 is 24.3 Å². The van der Waals surface area contributed by atoms with Crippen LogP contribution in [0.4, 0.5) is 34.1 Å². The van der Waals surface area contributed by atoms with Crippen LogP contribution in [0.3, 0.4) is 0 Å². The number of halogens is 4. The van der Waals surface area contributed by atoms with E-state index >= 15 is 0 Å². The molecule has 58 heavy (non-hydrogen) atoms. The first-order valence-electron chi connectivity index (χ1n) is 20.4. The van der Waals surface area contributed by atoms with Crippen molar-refractivity contribution in [2.24, 2.45) is 17.8 Å². The molecule has 3 aliphatic rings. The molecule has 0 bridgehead atoms. The van der Waals surface area contributed by atoms with Gasteiger partial charge in [0.2, 0.25) is 0 Å². The summed E-state index contributed by atoms with van der Waals surface area (Å²) >= 11 is 6.13. The van der Waals surface area contributed by atoms with Crippen LogP contribution in [0.15, 0.2) is 36.4 Å². The zero-order valence-corrected chi connectivity index (χ0v) is 34.7. The molecule has 2 aromatic rings. The summed E-state index contributed by atoms with van der Waals surface area (Å²) in [6.45, 7) is 10.3. The maximum Gasteiger partial charge on any atom is 0.418 e. The summed E-state index contributed by atoms with van der Waals surface area (Å²) in [5.74, 6) is 0.244. The van der Waals surface area contributed by atoms with E-state index < -0.39 is 35.5 Å². The van der Waals surface area contributed by atoms with E-state index in [0.29, 0.717) is 70.2 Å². The van der Waals surface area contributed by atoms with Crippen molar-refractivity contribution in [3.05, 3.63) is 58.1 Å². The number of ether oxygens (including phenoxy) is 2. The van der Waals surface area contributed by atoms with Crippen LogP contribution < -0.4 is 11.1 Å². The molecule has 2 fully saturated rings. The van der Waals surface area contributed by atoms with Crippen LogP contribution in [0.25, 0.3) is 0 Å². The first-order valence-corrected chi connectivity index (χ1v) is 20.8. The molecule has 0 radical (unpaired) electrons. The Morgan fingerprint density at radius 3 is 2.38 bits per heavy atom. The summed E-state index contributed by atoms with van der Waals surface area (Å²) in [5.41, 5.74) is 5.80. The standard InChI is InChI=1S/C42H58ClF3N6O6/c1-27(2)26-57-37(53)15-19-50-17-10-30(11-18-50)28(3)9-16-49(4)39(54)36(25-29-23-33(42(44,45)46)38(47)34(43)24-29)58-41(56)51-20-13-32(14-21-51)52-22-12-31-7-5-6-8-35(31)48-40(52)55/h5-8,23-24,27-28,30,32,36H,9-22,25-26,47H2,1-4H3,(H,48,55)/t28?,36-/m1/s1. The van der Waals surface area contributed by atoms with E-state index in [2.05, 4.69) is 17.1 Å². The third-order valence-electron chi connectivity index (χ3n) is 11.7. The van der Waals surface area contributed by atoms with Crippen molar-refractivity contribution < 1.29 is 41.8 Å². The molecule has 2 saturated heterocycles. The van der Waals surface area contributed by atoms with Crippen molar-refractivity contribution >= 4 is 47.0 Å². The van der Waals surface area contributed by atoms with Gasteiger partial charge in [-0.3, -0.25) is 9.59 Å². The van der Waals surface area contributed by atoms with E-state index in [0.717, 1.165) is 43.2 Å². The minimum atomic E-state index is -4.79. The van der Waals surface area contributed by atoms with Gasteiger partial charge in [0, 0.05) is 57.9 Å². The maximum absolute atomic E-state index is 14.0. The van der Waals surface area contributed by atoms with Crippen molar-refractivity contribution in [3.63, 3.8) is 0 Å². The number of nitrogens with zero attached hydrogens (tertiary/aromatic N) is 4. The molecule has 0 spiro atoms. The predicted molar refractivity (Wildman–Crippen MR) is 216 cm³/mol. The monoisotopic (exact) mass is 834 g/mol. The second kappa shape index (κ2) is 20.1. The number of benzene rings is 2. The number of fused-ring (bicyclic) bond motifs is 1. The molecule has 12 nitrogen and oxygen atoms in total. The smallest absolute Gasteiger partial charge is 0.418 e. The average molecular weight is 835 g/mol. The highest BCUT2D eigenvalue weighted by atomic mass is 35.5. The summed E-state index contributed by atoms with van der Waals surface area (Å²) in [6.07, 6.45) is -2.74. The fraction of sp³-hybridized carbons (Fsp3) is 0.619. The number of esters is 1. The van der Waals surface area contributed by atoms with E-state index in [1.165, 1.54) is 15.9 Å². The summed E-state index contributed by atoms with van der Waals surface area (Å²) in [7, 11) is 1.60. The lowest BCUT2D eigenvalue weighted by Gasteiger charge is -2.38. The molecule has 2 aromatic carbocycles. The zero-order valence-electron chi connectivity index (χ0n) is 34.0. The van der Waals surface area contributed by atoms with E-state index in [1.54, 1.807) is 11.9 Å². The van der Waals surface area contributed by atoms with E-state index in [4.69, 9.17) is 26.8 Å². The molecule has 3 aliphatic heterocycles. The highest BCUT2D eigenvalue weighted by molar-refractivity contribution is 6.33. The minimum absolute atomic E-state index is 0.0475. The van der Waals surface area contributed by atoms with Crippen LogP contribution in [0.1, 0.15) is 76.0 Å². The summed E-state index contributed by atoms with van der Waals surface area (Å²) in [4.78, 5) is 59.9. The number of alkyl halides is 3. The molecular formula is C42H58ClF3N6O6. The number of likely N-dealkylation sites (tertiary alicyclic amines) is 2. The first-order chi connectivity index (χ1) is 27.5. The largest absolute Gasteiger partial charge is 0.465 e. The predicted octanol–water partition coefficient (Wildman–Crippen LogP) is 7.33. The molecular weight excluding hydrogens is 777 g/mol. The van der Waals surface area contributed by atoms with Gasteiger partial charge in [-0.1, -0.05) is 50.6 Å². The summed E-state index contributed by atoms with van der Waals surface area (Å²) in [5, 5.41) is 2.67. The number of amides is 4. The molecule has 0 aliphatic carbocycles. The fourth-order valence-electron chi connectivity index (χ4n) is 8.03. The average Bonchev–Trinajstić information content (AvgIpc) is 3.36. The maximum atomic E-state index is 14.0. The molecule has 3 heterocycles. The Morgan fingerprint density at radius 2 is 1.71 bits per heavy atom. The molecule has 3 N–H and O–H groups in total. The Labute approximate surface area is 344 Å². The lowest BCUT2D eigenvalue weighted by molar-refractivity contribution is -0.145. The van der Waals surface area contributed by atoms with Crippen molar-refractivity contribution in [3.8, 4) is 0 Å². The Bertz CT molecular complexity index is 1750. The fourth-order valence-corrected chi connectivity index (χ4v) is 8.27. The van der Waals surface area contributed by atoms with Crippen LogP contribution in [0.2, 0.25) is 5.02 Å². The number of nitrogens with one attached hydrogen (secondary N) is 1. The number of carbonyl (C=O) groups excluding carboxylic acids is 4. The normalized spacial score (nSPS) is 18.3. The van der Waals surface area contributed by atoms with Gasteiger partial charge in [0.05, 0.1) is 29.3 Å². The van der Waals surface area contributed by atoms with Gasteiger partial charge in [0.1, 0.15) is 0 Å². The Balaban J connectivity index is 1.18. The summed E-state index contributed by atoms with van der Waals surface area (Å²) in [6, 6.07) is 9.45. The number of hydrogen-bond donors (Lipinski definition) is 2. The summed E-state index contributed by atoms with van der Waals surface area (Å²) < 4.78 is 52.8. The molecule has 2 atom stereocenters. The second-order valence-corrected chi connectivity index (χ2v) is 16.8. The lowest BCUT2D eigenvalue weighted by atomic mass is 9.83. The van der Waals surface area contributed by atoms with Gasteiger partial charge in [-0.2, -0.15) is 13.2 Å². The van der Waals surface area contributed by atoms with Gasteiger partial charge in [-0.05, 0) is 98.7 Å². The molecule has 0 saturated carbocycles. The quantitative estimate of drug-likeness (QED) is 0.149. The number of urea groups is 1. The van der Waals surface area contributed by atoms with Gasteiger partial charge in [0.25, 0.3) is 5.91 Å². The minimum Gasteiger partial charge on any atom is -0.465 e. The third-order valence-corrected chi connectivity index (χ3v) is 12.0. The number of nitrogen functional groups attached to an aromatic ring is 1. The number of carbonyl (C=O) groups is 4. The molecule has 320 valence electrons. The molecule has 0 aromatic heterocycles. The van der Waals surface area contributed by atoms with Crippen LogP contribution in [0, 0.1) is 17.8 Å². The van der Waals surface area contributed by atoms with Crippen molar-refractivity contribution in [1.29, 1.82) is 0 Å². The lowest BCUT2D eigenvalue weighted by Crippen LogP contribution is -2.51. The number of piperidine rings is 2. The van der Waals surface area contributed by atoms with Crippen molar-refractivity contribution in [2.75, 3.05) is 70.5 Å². The van der Waals surface area contributed by atoms with Crippen LogP contribution in [-0.2, 0) is 38.1 Å². The van der Waals surface area contributed by atoms with E-state index in [9.17, 15) is 32.3 Å². The number of para-hydroxylation sites is 1. The number of rotatable bonds is 14. The number of nitrogens with two attached hydrogens (primary N) is 1. The second-order valence-electron chi connectivity index (χ2n) is 16.4. The molecule has 16 heteroatoms. The van der Waals surface area contributed by atoms with E-state index in [1.807, 2.05) is 38.1 Å². The topological polar surface area (TPSA) is 138 Å². The third kappa shape index (κ3) is 12.2. The number of likely N-dealkylation sites (N-methyl/N-ethyl adjacent to an activating group) is 1. The van der Waals surface area contributed by atoms with Crippen LogP contribution >= 0.6 is 11.6 Å². The van der Waals surface area contributed by atoms with Gasteiger partial charge in [0.15, 0.2) is 6.10 Å².